The lowest BCUT2D eigenvalue weighted by molar-refractivity contribution is 0.545. The lowest BCUT2D eigenvalue weighted by atomic mass is 10.1. The van der Waals surface area contributed by atoms with Crippen molar-refractivity contribution >= 4 is 11.6 Å². The number of nitrogens with one attached hydrogen (secondary N) is 1. The van der Waals surface area contributed by atoms with Gasteiger partial charge in [-0.3, -0.25) is 0 Å². The second kappa shape index (κ2) is 6.17. The van der Waals surface area contributed by atoms with Gasteiger partial charge >= 0.3 is 0 Å². The maximum absolute atomic E-state index is 13.1. The van der Waals surface area contributed by atoms with Crippen molar-refractivity contribution in [2.45, 2.75) is 20.4 Å². The SMILES string of the molecule is CC(C)CNCc1ncoc1-c1ccc(F)c(Cl)c1. The first-order chi connectivity index (χ1) is 9.08. The van der Waals surface area contributed by atoms with Gasteiger partial charge in [-0.25, -0.2) is 9.37 Å². The van der Waals surface area contributed by atoms with Gasteiger partial charge in [-0.15, -0.1) is 0 Å². The van der Waals surface area contributed by atoms with E-state index in [1.807, 2.05) is 0 Å². The summed E-state index contributed by atoms with van der Waals surface area (Å²) in [7, 11) is 0. The lowest BCUT2D eigenvalue weighted by Crippen LogP contribution is -2.19. The molecule has 0 radical (unpaired) electrons. The summed E-state index contributed by atoms with van der Waals surface area (Å²) in [6.45, 7) is 5.78. The van der Waals surface area contributed by atoms with Crippen LogP contribution in [0.25, 0.3) is 11.3 Å². The van der Waals surface area contributed by atoms with Crippen LogP contribution in [0.2, 0.25) is 5.02 Å². The number of nitrogens with zero attached hydrogens (tertiary/aromatic N) is 1. The van der Waals surface area contributed by atoms with Crippen LogP contribution >= 0.6 is 11.6 Å². The third kappa shape index (κ3) is 3.55. The molecule has 1 N–H and O–H groups in total. The summed E-state index contributed by atoms with van der Waals surface area (Å²) in [4.78, 5) is 4.18. The second-order valence-electron chi connectivity index (χ2n) is 4.78. The molecule has 5 heteroatoms. The van der Waals surface area contributed by atoms with E-state index in [4.69, 9.17) is 16.0 Å². The molecule has 0 aliphatic carbocycles. The zero-order valence-corrected chi connectivity index (χ0v) is 11.7. The van der Waals surface area contributed by atoms with Crippen LogP contribution < -0.4 is 5.32 Å². The Balaban J connectivity index is 2.16. The monoisotopic (exact) mass is 282 g/mol. The molecule has 0 atom stereocenters. The van der Waals surface area contributed by atoms with E-state index in [1.54, 1.807) is 12.1 Å². The Morgan fingerprint density at radius 2 is 2.21 bits per heavy atom. The summed E-state index contributed by atoms with van der Waals surface area (Å²) >= 11 is 5.78. The van der Waals surface area contributed by atoms with Crippen LogP contribution in [0.3, 0.4) is 0 Å². The van der Waals surface area contributed by atoms with Gasteiger partial charge in [-0.2, -0.15) is 0 Å². The van der Waals surface area contributed by atoms with Crippen molar-refractivity contribution in [2.75, 3.05) is 6.54 Å². The first-order valence-corrected chi connectivity index (χ1v) is 6.54. The molecule has 0 aliphatic heterocycles. The fourth-order valence-corrected chi connectivity index (χ4v) is 1.93. The summed E-state index contributed by atoms with van der Waals surface area (Å²) in [5.74, 6) is 0.748. The molecule has 1 aromatic heterocycles. The average molecular weight is 283 g/mol. The summed E-state index contributed by atoms with van der Waals surface area (Å²) in [6.07, 6.45) is 1.39. The molecule has 2 aromatic rings. The summed E-state index contributed by atoms with van der Waals surface area (Å²) in [6, 6.07) is 4.50. The predicted octanol–water partition coefficient (Wildman–Crippen LogP) is 3.88. The van der Waals surface area contributed by atoms with Crippen molar-refractivity contribution in [1.82, 2.24) is 10.3 Å². The van der Waals surface area contributed by atoms with E-state index in [0.29, 0.717) is 18.2 Å². The van der Waals surface area contributed by atoms with Gasteiger partial charge < -0.3 is 9.73 Å². The molecule has 0 unspecified atom stereocenters. The number of aromatic nitrogens is 1. The topological polar surface area (TPSA) is 38.1 Å². The van der Waals surface area contributed by atoms with Crippen molar-refractivity contribution in [1.29, 1.82) is 0 Å². The third-order valence-electron chi connectivity index (χ3n) is 2.67. The lowest BCUT2D eigenvalue weighted by Gasteiger charge is -2.07. The van der Waals surface area contributed by atoms with E-state index in [9.17, 15) is 4.39 Å². The van der Waals surface area contributed by atoms with Crippen LogP contribution in [0, 0.1) is 11.7 Å². The smallest absolute Gasteiger partial charge is 0.181 e. The van der Waals surface area contributed by atoms with Crippen molar-refractivity contribution in [3.63, 3.8) is 0 Å². The Morgan fingerprint density at radius 3 is 2.89 bits per heavy atom. The molecule has 3 nitrogen and oxygen atoms in total. The summed E-state index contributed by atoms with van der Waals surface area (Å²) < 4.78 is 18.5. The highest BCUT2D eigenvalue weighted by atomic mass is 35.5. The van der Waals surface area contributed by atoms with Gasteiger partial charge in [0.2, 0.25) is 0 Å². The van der Waals surface area contributed by atoms with Crippen LogP contribution in [0.15, 0.2) is 29.0 Å². The number of benzene rings is 1. The first-order valence-electron chi connectivity index (χ1n) is 6.16. The zero-order chi connectivity index (χ0) is 13.8. The molecule has 0 spiro atoms. The van der Waals surface area contributed by atoms with E-state index in [0.717, 1.165) is 17.8 Å². The van der Waals surface area contributed by atoms with E-state index in [2.05, 4.69) is 24.1 Å². The second-order valence-corrected chi connectivity index (χ2v) is 5.19. The van der Waals surface area contributed by atoms with E-state index in [1.165, 1.54) is 12.5 Å². The number of rotatable bonds is 5. The average Bonchev–Trinajstić information content (AvgIpc) is 2.80. The number of hydrogen-bond donors (Lipinski definition) is 1. The normalized spacial score (nSPS) is 11.2. The Kier molecular flexibility index (Phi) is 4.56. The van der Waals surface area contributed by atoms with E-state index >= 15 is 0 Å². The summed E-state index contributed by atoms with van der Waals surface area (Å²) in [5, 5.41) is 3.37. The molecule has 0 fully saturated rings. The highest BCUT2D eigenvalue weighted by Gasteiger charge is 2.12. The van der Waals surface area contributed by atoms with Crippen LogP contribution in [0.1, 0.15) is 19.5 Å². The molecule has 0 aliphatic rings. The molecule has 0 bridgehead atoms. The molecule has 0 saturated heterocycles. The van der Waals surface area contributed by atoms with Crippen molar-refractivity contribution < 1.29 is 8.81 Å². The van der Waals surface area contributed by atoms with Gasteiger partial charge in [0.25, 0.3) is 0 Å². The van der Waals surface area contributed by atoms with Crippen LogP contribution in [-0.4, -0.2) is 11.5 Å². The minimum absolute atomic E-state index is 0.0787. The molecule has 1 aromatic carbocycles. The number of halogens is 2. The van der Waals surface area contributed by atoms with Crippen molar-refractivity contribution in [3.05, 3.63) is 41.1 Å². The molecular weight excluding hydrogens is 267 g/mol. The minimum atomic E-state index is -0.440. The maximum Gasteiger partial charge on any atom is 0.181 e. The van der Waals surface area contributed by atoms with Crippen LogP contribution in [0.4, 0.5) is 4.39 Å². The number of oxazole rings is 1. The fraction of sp³-hybridized carbons (Fsp3) is 0.357. The standard InChI is InChI=1S/C14H16ClFN2O/c1-9(2)6-17-7-13-14(19-8-18-13)10-3-4-12(16)11(15)5-10/h3-5,8-9,17H,6-7H2,1-2H3. The zero-order valence-electron chi connectivity index (χ0n) is 10.9. The van der Waals surface area contributed by atoms with Crippen molar-refractivity contribution in [3.8, 4) is 11.3 Å². The molecule has 0 amide bonds. The predicted molar refractivity (Wildman–Crippen MR) is 73.5 cm³/mol. The van der Waals surface area contributed by atoms with Crippen LogP contribution in [0.5, 0.6) is 0 Å². The largest absolute Gasteiger partial charge is 0.443 e. The number of hydrogen-bond acceptors (Lipinski definition) is 3. The Hall–Kier alpha value is -1.39. The van der Waals surface area contributed by atoms with Gasteiger partial charge in [0.05, 0.1) is 5.02 Å². The van der Waals surface area contributed by atoms with Gasteiger partial charge in [0.1, 0.15) is 11.5 Å². The van der Waals surface area contributed by atoms with Gasteiger partial charge in [0, 0.05) is 12.1 Å². The third-order valence-corrected chi connectivity index (χ3v) is 2.96. The molecule has 19 heavy (non-hydrogen) atoms. The fourth-order valence-electron chi connectivity index (χ4n) is 1.75. The highest BCUT2D eigenvalue weighted by Crippen LogP contribution is 2.27. The highest BCUT2D eigenvalue weighted by molar-refractivity contribution is 6.31. The Labute approximate surface area is 116 Å². The van der Waals surface area contributed by atoms with E-state index in [-0.39, 0.29) is 5.02 Å². The molecule has 2 rings (SSSR count). The van der Waals surface area contributed by atoms with Gasteiger partial charge in [0.15, 0.2) is 12.2 Å². The minimum Gasteiger partial charge on any atom is -0.443 e. The van der Waals surface area contributed by atoms with Gasteiger partial charge in [-0.05, 0) is 30.7 Å². The molecule has 0 saturated carbocycles. The molecular formula is C14H16ClFN2O. The Morgan fingerprint density at radius 1 is 1.42 bits per heavy atom. The first kappa shape index (κ1) is 14.0. The molecule has 102 valence electrons. The van der Waals surface area contributed by atoms with Gasteiger partial charge in [-0.1, -0.05) is 25.4 Å². The van der Waals surface area contributed by atoms with E-state index < -0.39 is 5.82 Å². The Bertz CT molecular complexity index is 554. The maximum atomic E-state index is 13.1. The van der Waals surface area contributed by atoms with Crippen LogP contribution in [-0.2, 0) is 6.54 Å². The van der Waals surface area contributed by atoms with Crippen molar-refractivity contribution in [2.24, 2.45) is 5.92 Å². The quantitative estimate of drug-likeness (QED) is 0.904. The molecule has 1 heterocycles. The summed E-state index contributed by atoms with van der Waals surface area (Å²) in [5.41, 5.74) is 1.52.